The standard InChI is InChI=1S/C16H18BrNO/c1-10-4-5-11(2)14(8-10)16(18)13-7-6-12(17)9-15(13)19-3/h4-9,16H,18H2,1-3H3. The summed E-state index contributed by atoms with van der Waals surface area (Å²) in [6.45, 7) is 4.16. The molecule has 0 spiro atoms. The number of ether oxygens (including phenoxy) is 1. The molecule has 2 aromatic carbocycles. The predicted molar refractivity (Wildman–Crippen MR) is 82.6 cm³/mol. The van der Waals surface area contributed by atoms with E-state index in [-0.39, 0.29) is 6.04 Å². The summed E-state index contributed by atoms with van der Waals surface area (Å²) in [5.41, 5.74) is 11.0. The molecule has 0 amide bonds. The van der Waals surface area contributed by atoms with Crippen LogP contribution in [0.1, 0.15) is 28.3 Å². The molecule has 2 aromatic rings. The van der Waals surface area contributed by atoms with Crippen LogP contribution in [0.4, 0.5) is 0 Å². The van der Waals surface area contributed by atoms with Crippen molar-refractivity contribution in [2.45, 2.75) is 19.9 Å². The normalized spacial score (nSPS) is 12.3. The van der Waals surface area contributed by atoms with Gasteiger partial charge in [0.25, 0.3) is 0 Å². The van der Waals surface area contributed by atoms with Crippen molar-refractivity contribution in [1.82, 2.24) is 0 Å². The summed E-state index contributed by atoms with van der Waals surface area (Å²) >= 11 is 3.45. The number of halogens is 1. The van der Waals surface area contributed by atoms with Gasteiger partial charge in [-0.25, -0.2) is 0 Å². The molecule has 0 radical (unpaired) electrons. The summed E-state index contributed by atoms with van der Waals surface area (Å²) in [6.07, 6.45) is 0. The van der Waals surface area contributed by atoms with Gasteiger partial charge in [0.15, 0.2) is 0 Å². The fourth-order valence-corrected chi connectivity index (χ4v) is 2.54. The van der Waals surface area contributed by atoms with E-state index in [2.05, 4.69) is 48.0 Å². The molecule has 2 nitrogen and oxygen atoms in total. The van der Waals surface area contributed by atoms with Gasteiger partial charge < -0.3 is 10.5 Å². The third-order valence-electron chi connectivity index (χ3n) is 3.30. The van der Waals surface area contributed by atoms with Crippen molar-refractivity contribution in [3.63, 3.8) is 0 Å². The number of benzene rings is 2. The zero-order valence-electron chi connectivity index (χ0n) is 11.4. The van der Waals surface area contributed by atoms with Crippen molar-refractivity contribution in [1.29, 1.82) is 0 Å². The first kappa shape index (κ1) is 14.1. The highest BCUT2D eigenvalue weighted by Gasteiger charge is 2.16. The maximum Gasteiger partial charge on any atom is 0.125 e. The summed E-state index contributed by atoms with van der Waals surface area (Å²) in [6, 6.07) is 12.1. The number of hydrogen-bond donors (Lipinski definition) is 1. The van der Waals surface area contributed by atoms with Crippen LogP contribution in [-0.4, -0.2) is 7.11 Å². The quantitative estimate of drug-likeness (QED) is 0.923. The third kappa shape index (κ3) is 2.99. The second-order valence-electron chi connectivity index (χ2n) is 4.72. The Morgan fingerprint density at radius 3 is 2.47 bits per heavy atom. The zero-order chi connectivity index (χ0) is 14.0. The van der Waals surface area contributed by atoms with Gasteiger partial charge in [-0.1, -0.05) is 45.8 Å². The van der Waals surface area contributed by atoms with Crippen molar-refractivity contribution >= 4 is 15.9 Å². The van der Waals surface area contributed by atoms with Crippen LogP contribution in [0.2, 0.25) is 0 Å². The van der Waals surface area contributed by atoms with E-state index in [4.69, 9.17) is 10.5 Å². The van der Waals surface area contributed by atoms with Crippen LogP contribution in [0.15, 0.2) is 40.9 Å². The van der Waals surface area contributed by atoms with Crippen LogP contribution in [-0.2, 0) is 0 Å². The minimum absolute atomic E-state index is 0.178. The molecule has 0 heterocycles. The highest BCUT2D eigenvalue weighted by Crippen LogP contribution is 2.32. The lowest BCUT2D eigenvalue weighted by Crippen LogP contribution is -2.14. The number of rotatable bonds is 3. The van der Waals surface area contributed by atoms with Crippen LogP contribution < -0.4 is 10.5 Å². The maximum absolute atomic E-state index is 6.42. The molecule has 0 fully saturated rings. The van der Waals surface area contributed by atoms with Gasteiger partial charge in [0.05, 0.1) is 13.2 Å². The minimum Gasteiger partial charge on any atom is -0.496 e. The Kier molecular flexibility index (Phi) is 4.27. The van der Waals surface area contributed by atoms with Crippen LogP contribution in [0.25, 0.3) is 0 Å². The van der Waals surface area contributed by atoms with Crippen molar-refractivity contribution in [2.24, 2.45) is 5.73 Å². The molecule has 100 valence electrons. The molecule has 0 aliphatic heterocycles. The highest BCUT2D eigenvalue weighted by atomic mass is 79.9. The summed E-state index contributed by atoms with van der Waals surface area (Å²) < 4.78 is 6.42. The van der Waals surface area contributed by atoms with Crippen molar-refractivity contribution in [2.75, 3.05) is 7.11 Å². The molecule has 2 rings (SSSR count). The molecule has 19 heavy (non-hydrogen) atoms. The fraction of sp³-hybridized carbons (Fsp3) is 0.250. The van der Waals surface area contributed by atoms with Crippen LogP contribution in [0.5, 0.6) is 5.75 Å². The Morgan fingerprint density at radius 2 is 1.79 bits per heavy atom. The van der Waals surface area contributed by atoms with E-state index in [0.29, 0.717) is 0 Å². The number of nitrogens with two attached hydrogens (primary N) is 1. The van der Waals surface area contributed by atoms with E-state index in [1.165, 1.54) is 11.1 Å². The number of methoxy groups -OCH3 is 1. The molecule has 0 saturated carbocycles. The van der Waals surface area contributed by atoms with E-state index < -0.39 is 0 Å². The van der Waals surface area contributed by atoms with E-state index in [1.807, 2.05) is 18.2 Å². The minimum atomic E-state index is -0.178. The predicted octanol–water partition coefficient (Wildman–Crippen LogP) is 4.12. The zero-order valence-corrected chi connectivity index (χ0v) is 13.0. The average molecular weight is 320 g/mol. The highest BCUT2D eigenvalue weighted by molar-refractivity contribution is 9.10. The number of hydrogen-bond acceptors (Lipinski definition) is 2. The monoisotopic (exact) mass is 319 g/mol. The van der Waals surface area contributed by atoms with E-state index in [0.717, 1.165) is 21.3 Å². The van der Waals surface area contributed by atoms with E-state index in [9.17, 15) is 0 Å². The third-order valence-corrected chi connectivity index (χ3v) is 3.79. The largest absolute Gasteiger partial charge is 0.496 e. The van der Waals surface area contributed by atoms with Gasteiger partial charge in [-0.05, 0) is 37.1 Å². The molecular formula is C16H18BrNO. The second kappa shape index (κ2) is 5.76. The Morgan fingerprint density at radius 1 is 1.05 bits per heavy atom. The van der Waals surface area contributed by atoms with E-state index >= 15 is 0 Å². The lowest BCUT2D eigenvalue weighted by molar-refractivity contribution is 0.407. The summed E-state index contributed by atoms with van der Waals surface area (Å²) in [5, 5.41) is 0. The molecular weight excluding hydrogens is 302 g/mol. The molecule has 2 N–H and O–H groups in total. The molecule has 0 saturated heterocycles. The van der Waals surface area contributed by atoms with Gasteiger partial charge in [-0.2, -0.15) is 0 Å². The van der Waals surface area contributed by atoms with Gasteiger partial charge in [-0.3, -0.25) is 0 Å². The van der Waals surface area contributed by atoms with Crippen LogP contribution in [0, 0.1) is 13.8 Å². The van der Waals surface area contributed by atoms with Crippen molar-refractivity contribution in [3.05, 3.63) is 63.1 Å². The van der Waals surface area contributed by atoms with E-state index in [1.54, 1.807) is 7.11 Å². The Hall–Kier alpha value is -1.32. The second-order valence-corrected chi connectivity index (χ2v) is 5.64. The molecule has 0 aromatic heterocycles. The average Bonchev–Trinajstić information content (AvgIpc) is 2.40. The molecule has 1 unspecified atom stereocenters. The lowest BCUT2D eigenvalue weighted by Gasteiger charge is -2.19. The van der Waals surface area contributed by atoms with Gasteiger partial charge in [0, 0.05) is 10.0 Å². The topological polar surface area (TPSA) is 35.2 Å². The van der Waals surface area contributed by atoms with Gasteiger partial charge in [0.2, 0.25) is 0 Å². The SMILES string of the molecule is COc1cc(Br)ccc1C(N)c1cc(C)ccc1C. The first-order valence-electron chi connectivity index (χ1n) is 6.19. The lowest BCUT2D eigenvalue weighted by atomic mass is 9.94. The van der Waals surface area contributed by atoms with Gasteiger partial charge in [-0.15, -0.1) is 0 Å². The molecule has 1 atom stereocenters. The maximum atomic E-state index is 6.42. The summed E-state index contributed by atoms with van der Waals surface area (Å²) in [4.78, 5) is 0. The summed E-state index contributed by atoms with van der Waals surface area (Å²) in [7, 11) is 1.67. The molecule has 0 aliphatic carbocycles. The Bertz CT molecular complexity index is 595. The van der Waals surface area contributed by atoms with Gasteiger partial charge >= 0.3 is 0 Å². The van der Waals surface area contributed by atoms with Crippen molar-refractivity contribution < 1.29 is 4.74 Å². The molecule has 0 bridgehead atoms. The van der Waals surface area contributed by atoms with Gasteiger partial charge in [0.1, 0.15) is 5.75 Å². The Balaban J connectivity index is 2.49. The van der Waals surface area contributed by atoms with Crippen LogP contribution >= 0.6 is 15.9 Å². The first-order chi connectivity index (χ1) is 9.02. The fourth-order valence-electron chi connectivity index (χ4n) is 2.20. The molecule has 3 heteroatoms. The first-order valence-corrected chi connectivity index (χ1v) is 6.98. The Labute approximate surface area is 122 Å². The summed E-state index contributed by atoms with van der Waals surface area (Å²) in [5.74, 6) is 0.808. The molecule has 0 aliphatic rings. The smallest absolute Gasteiger partial charge is 0.125 e. The number of aryl methyl sites for hydroxylation is 2. The van der Waals surface area contributed by atoms with Crippen LogP contribution in [0.3, 0.4) is 0 Å². The van der Waals surface area contributed by atoms with Crippen molar-refractivity contribution in [3.8, 4) is 5.75 Å².